The summed E-state index contributed by atoms with van der Waals surface area (Å²) < 4.78 is 18.7. The fraction of sp³-hybridized carbons (Fsp3) is 0.222. The molecule has 13 heavy (non-hydrogen) atoms. The van der Waals surface area contributed by atoms with Crippen LogP contribution in [-0.2, 0) is 11.2 Å². The standard InChI is InChI=1S/C9H6BrFO2/c10-6-2-3-7(11)5-1-4-8(12)13-9(5)6/h2-3H,1,4H2. The van der Waals surface area contributed by atoms with E-state index in [9.17, 15) is 9.18 Å². The third kappa shape index (κ3) is 1.46. The van der Waals surface area contributed by atoms with Crippen LogP contribution in [0.25, 0.3) is 0 Å². The Morgan fingerprint density at radius 1 is 1.38 bits per heavy atom. The third-order valence-electron chi connectivity index (χ3n) is 1.95. The summed E-state index contributed by atoms with van der Waals surface area (Å²) in [5.41, 5.74) is 0.481. The second kappa shape index (κ2) is 3.10. The first kappa shape index (κ1) is 8.69. The Morgan fingerprint density at radius 2 is 2.15 bits per heavy atom. The summed E-state index contributed by atoms with van der Waals surface area (Å²) in [6, 6.07) is 2.90. The predicted molar refractivity (Wildman–Crippen MR) is 48.1 cm³/mol. The molecule has 1 aliphatic heterocycles. The molecule has 2 rings (SSSR count). The molecule has 0 saturated carbocycles. The van der Waals surface area contributed by atoms with Crippen molar-refractivity contribution in [1.29, 1.82) is 0 Å². The molecule has 0 N–H and O–H groups in total. The van der Waals surface area contributed by atoms with E-state index in [2.05, 4.69) is 15.9 Å². The van der Waals surface area contributed by atoms with E-state index in [0.29, 0.717) is 22.2 Å². The van der Waals surface area contributed by atoms with Crippen molar-refractivity contribution in [1.82, 2.24) is 0 Å². The summed E-state index contributed by atoms with van der Waals surface area (Å²) in [7, 11) is 0. The fourth-order valence-electron chi connectivity index (χ4n) is 1.31. The van der Waals surface area contributed by atoms with Gasteiger partial charge in [-0.3, -0.25) is 4.79 Å². The molecule has 0 radical (unpaired) electrons. The third-order valence-corrected chi connectivity index (χ3v) is 2.57. The van der Waals surface area contributed by atoms with Crippen LogP contribution in [0.1, 0.15) is 12.0 Å². The Morgan fingerprint density at radius 3 is 2.92 bits per heavy atom. The van der Waals surface area contributed by atoms with Crippen LogP contribution in [0.2, 0.25) is 0 Å². The molecule has 0 amide bonds. The molecule has 0 bridgehead atoms. The van der Waals surface area contributed by atoms with Crippen LogP contribution in [0.15, 0.2) is 16.6 Å². The Bertz CT molecular complexity index is 376. The van der Waals surface area contributed by atoms with Gasteiger partial charge in [0.05, 0.1) is 10.9 Å². The van der Waals surface area contributed by atoms with E-state index in [1.165, 1.54) is 12.1 Å². The fourth-order valence-corrected chi connectivity index (χ4v) is 1.76. The maximum atomic E-state index is 13.2. The van der Waals surface area contributed by atoms with Gasteiger partial charge in [0.1, 0.15) is 5.82 Å². The van der Waals surface area contributed by atoms with E-state index in [0.717, 1.165) is 0 Å². The second-order valence-electron chi connectivity index (χ2n) is 2.81. The SMILES string of the molecule is O=C1CCc2c(F)ccc(Br)c2O1. The number of hydrogen-bond donors (Lipinski definition) is 0. The number of fused-ring (bicyclic) bond motifs is 1. The van der Waals surface area contributed by atoms with Gasteiger partial charge >= 0.3 is 5.97 Å². The van der Waals surface area contributed by atoms with E-state index in [4.69, 9.17) is 4.74 Å². The topological polar surface area (TPSA) is 26.3 Å². The zero-order valence-electron chi connectivity index (χ0n) is 6.64. The first-order chi connectivity index (χ1) is 6.18. The van der Waals surface area contributed by atoms with Crippen molar-refractivity contribution >= 4 is 21.9 Å². The highest BCUT2D eigenvalue weighted by Gasteiger charge is 2.22. The van der Waals surface area contributed by atoms with Gasteiger partial charge in [-0.2, -0.15) is 0 Å². The van der Waals surface area contributed by atoms with Gasteiger partial charge in [0, 0.05) is 5.56 Å². The summed E-state index contributed by atoms with van der Waals surface area (Å²) in [5.74, 6) is -0.291. The van der Waals surface area contributed by atoms with E-state index in [1.54, 1.807) is 0 Å². The van der Waals surface area contributed by atoms with Crippen LogP contribution < -0.4 is 4.74 Å². The van der Waals surface area contributed by atoms with Crippen LogP contribution >= 0.6 is 15.9 Å². The minimum Gasteiger partial charge on any atom is -0.425 e. The number of hydrogen-bond acceptors (Lipinski definition) is 2. The lowest BCUT2D eigenvalue weighted by Crippen LogP contribution is -2.17. The molecule has 68 valence electrons. The van der Waals surface area contributed by atoms with Crippen molar-refractivity contribution in [3.05, 3.63) is 28.0 Å². The monoisotopic (exact) mass is 244 g/mol. The lowest BCUT2D eigenvalue weighted by molar-refractivity contribution is -0.135. The Hall–Kier alpha value is -0.900. The molecule has 1 heterocycles. The number of esters is 1. The first-order valence-electron chi connectivity index (χ1n) is 3.86. The van der Waals surface area contributed by atoms with Gasteiger partial charge in [-0.25, -0.2) is 4.39 Å². The summed E-state index contributed by atoms with van der Waals surface area (Å²) in [4.78, 5) is 10.9. The van der Waals surface area contributed by atoms with Crippen molar-refractivity contribution in [3.8, 4) is 5.75 Å². The molecular formula is C9H6BrFO2. The zero-order valence-corrected chi connectivity index (χ0v) is 8.23. The van der Waals surface area contributed by atoms with Gasteiger partial charge in [0.2, 0.25) is 0 Å². The van der Waals surface area contributed by atoms with Gasteiger partial charge in [0.15, 0.2) is 5.75 Å². The molecular weight excluding hydrogens is 239 g/mol. The molecule has 0 fully saturated rings. The highest BCUT2D eigenvalue weighted by molar-refractivity contribution is 9.10. The summed E-state index contributed by atoms with van der Waals surface area (Å²) in [6.07, 6.45) is 0.666. The molecule has 1 aliphatic rings. The first-order valence-corrected chi connectivity index (χ1v) is 4.65. The molecule has 1 aromatic carbocycles. The van der Waals surface area contributed by atoms with Crippen molar-refractivity contribution < 1.29 is 13.9 Å². The highest BCUT2D eigenvalue weighted by atomic mass is 79.9. The van der Waals surface area contributed by atoms with Crippen molar-refractivity contribution in [3.63, 3.8) is 0 Å². The van der Waals surface area contributed by atoms with Crippen LogP contribution in [0.3, 0.4) is 0 Å². The van der Waals surface area contributed by atoms with Crippen LogP contribution in [0, 0.1) is 5.82 Å². The van der Waals surface area contributed by atoms with Gasteiger partial charge in [-0.05, 0) is 34.5 Å². The molecule has 0 aromatic heterocycles. The Labute approximate surface area is 82.8 Å². The van der Waals surface area contributed by atoms with Gasteiger partial charge in [-0.15, -0.1) is 0 Å². The predicted octanol–water partition coefficient (Wildman–Crippen LogP) is 2.44. The van der Waals surface area contributed by atoms with Gasteiger partial charge < -0.3 is 4.74 Å². The Kier molecular flexibility index (Phi) is 2.07. The van der Waals surface area contributed by atoms with Gasteiger partial charge in [0.25, 0.3) is 0 Å². The van der Waals surface area contributed by atoms with Crippen LogP contribution in [0.5, 0.6) is 5.75 Å². The maximum Gasteiger partial charge on any atom is 0.311 e. The highest BCUT2D eigenvalue weighted by Crippen LogP contribution is 2.34. The number of benzene rings is 1. The molecule has 0 aliphatic carbocycles. The summed E-state index contributed by atoms with van der Waals surface area (Å²) in [5, 5.41) is 0. The molecule has 2 nitrogen and oxygen atoms in total. The zero-order chi connectivity index (χ0) is 9.42. The largest absolute Gasteiger partial charge is 0.425 e. The normalized spacial score (nSPS) is 15.1. The molecule has 0 unspecified atom stereocenters. The number of rotatable bonds is 0. The van der Waals surface area contributed by atoms with Crippen molar-refractivity contribution in [2.45, 2.75) is 12.8 Å². The number of carbonyl (C=O) groups excluding carboxylic acids is 1. The molecule has 0 spiro atoms. The lowest BCUT2D eigenvalue weighted by atomic mass is 10.1. The van der Waals surface area contributed by atoms with E-state index < -0.39 is 0 Å². The van der Waals surface area contributed by atoms with Crippen LogP contribution in [0.4, 0.5) is 4.39 Å². The average molecular weight is 245 g/mol. The second-order valence-corrected chi connectivity index (χ2v) is 3.67. The van der Waals surface area contributed by atoms with E-state index >= 15 is 0 Å². The molecule has 0 saturated heterocycles. The van der Waals surface area contributed by atoms with E-state index in [-0.39, 0.29) is 18.2 Å². The smallest absolute Gasteiger partial charge is 0.311 e. The van der Waals surface area contributed by atoms with Crippen molar-refractivity contribution in [2.75, 3.05) is 0 Å². The quantitative estimate of drug-likeness (QED) is 0.518. The number of carbonyl (C=O) groups is 1. The maximum absolute atomic E-state index is 13.2. The van der Waals surface area contributed by atoms with E-state index in [1.807, 2.05) is 0 Å². The Balaban J connectivity index is 2.57. The van der Waals surface area contributed by atoms with Crippen molar-refractivity contribution in [2.24, 2.45) is 0 Å². The minimum absolute atomic E-state index is 0.250. The van der Waals surface area contributed by atoms with Gasteiger partial charge in [-0.1, -0.05) is 0 Å². The number of halogens is 2. The lowest BCUT2D eigenvalue weighted by Gasteiger charge is -2.16. The molecule has 0 atom stereocenters. The summed E-state index contributed by atoms with van der Waals surface area (Å²) >= 11 is 3.20. The molecule has 4 heteroatoms. The number of ether oxygens (including phenoxy) is 1. The summed E-state index contributed by atoms with van der Waals surface area (Å²) in [6.45, 7) is 0. The molecule has 1 aromatic rings. The van der Waals surface area contributed by atoms with Crippen LogP contribution in [-0.4, -0.2) is 5.97 Å². The minimum atomic E-state index is -0.314. The average Bonchev–Trinajstić information content (AvgIpc) is 2.12.